The summed E-state index contributed by atoms with van der Waals surface area (Å²) < 4.78 is 3.82. The van der Waals surface area contributed by atoms with Gasteiger partial charge in [0.05, 0.1) is 0 Å². The van der Waals surface area contributed by atoms with Gasteiger partial charge in [-0.25, -0.2) is 0 Å². The number of carbonyl (C=O) groups is 2. The van der Waals surface area contributed by atoms with Crippen LogP contribution in [-0.4, -0.2) is 27.4 Å². The molecule has 1 aliphatic rings. The maximum Gasteiger partial charge on any atom is 0.280 e. The van der Waals surface area contributed by atoms with Gasteiger partial charge in [0, 0.05) is 17.1 Å². The van der Waals surface area contributed by atoms with E-state index < -0.39 is 6.04 Å². The molecule has 1 fully saturated rings. The Kier molecular flexibility index (Phi) is 5.95. The van der Waals surface area contributed by atoms with Crippen molar-refractivity contribution in [3.05, 3.63) is 77.3 Å². The van der Waals surface area contributed by atoms with Crippen LogP contribution in [0.15, 0.2) is 66.0 Å². The molecule has 1 N–H and O–H groups in total. The second-order valence-corrected chi connectivity index (χ2v) is 7.71. The van der Waals surface area contributed by atoms with Gasteiger partial charge in [-0.05, 0) is 42.1 Å². The van der Waals surface area contributed by atoms with Crippen molar-refractivity contribution in [3.8, 4) is 0 Å². The van der Waals surface area contributed by atoms with Crippen molar-refractivity contribution < 1.29 is 9.59 Å². The number of para-hydroxylation sites is 1. The quantitative estimate of drug-likeness (QED) is 0.672. The van der Waals surface area contributed by atoms with E-state index in [1.54, 1.807) is 5.38 Å². The van der Waals surface area contributed by atoms with Gasteiger partial charge >= 0.3 is 0 Å². The first kappa shape index (κ1) is 19.3. The molecule has 2 aromatic carbocycles. The molecular formula is C22H22N4O2S. The predicted molar refractivity (Wildman–Crippen MR) is 113 cm³/mol. The lowest BCUT2D eigenvalue weighted by Gasteiger charge is -2.31. The molecule has 0 radical (unpaired) electrons. The van der Waals surface area contributed by atoms with Crippen LogP contribution in [0.5, 0.6) is 0 Å². The Morgan fingerprint density at radius 3 is 2.28 bits per heavy atom. The Morgan fingerprint density at radius 2 is 1.66 bits per heavy atom. The number of nitrogens with one attached hydrogen (secondary N) is 1. The van der Waals surface area contributed by atoms with Crippen LogP contribution in [0, 0.1) is 0 Å². The first-order valence-corrected chi connectivity index (χ1v) is 10.6. The average molecular weight is 407 g/mol. The molecule has 0 unspecified atom stereocenters. The van der Waals surface area contributed by atoms with Gasteiger partial charge in [-0.15, -0.1) is 5.10 Å². The summed E-state index contributed by atoms with van der Waals surface area (Å²) in [6.45, 7) is 0. The summed E-state index contributed by atoms with van der Waals surface area (Å²) in [6.07, 6.45) is 4.19. The van der Waals surface area contributed by atoms with Gasteiger partial charge in [-0.2, -0.15) is 0 Å². The SMILES string of the molecule is O=C(NC1CCCC1)[C@@H](c1ccccc1)N(C(=O)c1csnn1)c1ccccc1. The zero-order chi connectivity index (χ0) is 20.1. The Hall–Kier alpha value is -3.06. The summed E-state index contributed by atoms with van der Waals surface area (Å²) >= 11 is 1.11. The minimum Gasteiger partial charge on any atom is -0.351 e. The average Bonchev–Trinajstić information content (AvgIpc) is 3.47. The highest BCUT2D eigenvalue weighted by molar-refractivity contribution is 7.03. The number of amides is 2. The molecule has 1 aliphatic carbocycles. The lowest BCUT2D eigenvalue weighted by atomic mass is 10.0. The summed E-state index contributed by atoms with van der Waals surface area (Å²) in [5.41, 5.74) is 1.62. The van der Waals surface area contributed by atoms with Crippen LogP contribution in [0.4, 0.5) is 5.69 Å². The van der Waals surface area contributed by atoms with Crippen LogP contribution in [0.25, 0.3) is 0 Å². The first-order chi connectivity index (χ1) is 14.2. The number of anilines is 1. The maximum absolute atomic E-state index is 13.5. The maximum atomic E-state index is 13.5. The van der Waals surface area contributed by atoms with E-state index in [0.717, 1.165) is 42.8 Å². The van der Waals surface area contributed by atoms with Gasteiger partial charge in [0.25, 0.3) is 5.91 Å². The summed E-state index contributed by atoms with van der Waals surface area (Å²) in [5, 5.41) is 8.71. The van der Waals surface area contributed by atoms with Gasteiger partial charge in [0.1, 0.15) is 6.04 Å². The minimum absolute atomic E-state index is 0.155. The fraction of sp³-hybridized carbons (Fsp3) is 0.273. The van der Waals surface area contributed by atoms with Crippen molar-refractivity contribution in [2.75, 3.05) is 4.90 Å². The Balaban J connectivity index is 1.77. The molecule has 1 aromatic heterocycles. The van der Waals surface area contributed by atoms with E-state index in [-0.39, 0.29) is 23.6 Å². The van der Waals surface area contributed by atoms with Crippen molar-refractivity contribution in [2.45, 2.75) is 37.8 Å². The normalized spacial score (nSPS) is 15.0. The van der Waals surface area contributed by atoms with Crippen molar-refractivity contribution in [1.82, 2.24) is 14.9 Å². The predicted octanol–water partition coefficient (Wildman–Crippen LogP) is 3.99. The van der Waals surface area contributed by atoms with Crippen molar-refractivity contribution in [2.24, 2.45) is 0 Å². The van der Waals surface area contributed by atoms with E-state index in [9.17, 15) is 9.59 Å². The molecule has 1 heterocycles. The third-order valence-corrected chi connectivity index (χ3v) is 5.66. The van der Waals surface area contributed by atoms with Gasteiger partial charge in [0.2, 0.25) is 5.91 Å². The monoisotopic (exact) mass is 406 g/mol. The molecule has 0 saturated heterocycles. The molecule has 1 atom stereocenters. The van der Waals surface area contributed by atoms with Crippen molar-refractivity contribution >= 4 is 29.0 Å². The summed E-state index contributed by atoms with van der Waals surface area (Å²) in [7, 11) is 0. The van der Waals surface area contributed by atoms with Crippen molar-refractivity contribution in [1.29, 1.82) is 0 Å². The molecule has 148 valence electrons. The third kappa shape index (κ3) is 4.35. The number of rotatable bonds is 6. The fourth-order valence-electron chi connectivity index (χ4n) is 3.76. The Morgan fingerprint density at radius 1 is 1.00 bits per heavy atom. The molecular weight excluding hydrogens is 384 g/mol. The molecule has 0 bridgehead atoms. The molecule has 0 aliphatic heterocycles. The highest BCUT2D eigenvalue weighted by Gasteiger charge is 2.35. The molecule has 0 spiro atoms. The lowest BCUT2D eigenvalue weighted by molar-refractivity contribution is -0.123. The Labute approximate surface area is 173 Å². The summed E-state index contributed by atoms with van der Waals surface area (Å²) in [4.78, 5) is 28.4. The van der Waals surface area contributed by atoms with Crippen LogP contribution in [0.2, 0.25) is 0 Å². The topological polar surface area (TPSA) is 75.2 Å². The number of nitrogens with zero attached hydrogens (tertiary/aromatic N) is 3. The van der Waals surface area contributed by atoms with Crippen molar-refractivity contribution in [3.63, 3.8) is 0 Å². The lowest BCUT2D eigenvalue weighted by Crippen LogP contribution is -2.46. The van der Waals surface area contributed by atoms with E-state index in [0.29, 0.717) is 5.69 Å². The zero-order valence-corrected chi connectivity index (χ0v) is 16.7. The largest absolute Gasteiger partial charge is 0.351 e. The van der Waals surface area contributed by atoms with Crippen LogP contribution < -0.4 is 10.2 Å². The molecule has 1 saturated carbocycles. The molecule has 4 rings (SSSR count). The van der Waals surface area contributed by atoms with Crippen LogP contribution in [0.3, 0.4) is 0 Å². The van der Waals surface area contributed by atoms with E-state index >= 15 is 0 Å². The van der Waals surface area contributed by atoms with Gasteiger partial charge in [-0.3, -0.25) is 14.5 Å². The third-order valence-electron chi connectivity index (χ3n) is 5.16. The molecule has 7 heteroatoms. The van der Waals surface area contributed by atoms with Gasteiger partial charge in [0.15, 0.2) is 5.69 Å². The number of aromatic nitrogens is 2. The van der Waals surface area contributed by atoms with Crippen LogP contribution in [-0.2, 0) is 4.79 Å². The zero-order valence-electron chi connectivity index (χ0n) is 15.9. The highest BCUT2D eigenvalue weighted by atomic mass is 32.1. The summed E-state index contributed by atoms with van der Waals surface area (Å²) in [5.74, 6) is -0.524. The van der Waals surface area contributed by atoms with E-state index in [1.165, 1.54) is 4.90 Å². The van der Waals surface area contributed by atoms with Crippen LogP contribution in [0.1, 0.15) is 47.8 Å². The van der Waals surface area contributed by atoms with E-state index in [4.69, 9.17) is 0 Å². The van der Waals surface area contributed by atoms with E-state index in [2.05, 4.69) is 14.9 Å². The Bertz CT molecular complexity index is 941. The molecule has 2 amide bonds. The van der Waals surface area contributed by atoms with Gasteiger partial charge < -0.3 is 5.32 Å². The summed E-state index contributed by atoms with van der Waals surface area (Å²) in [6, 6.07) is 18.0. The van der Waals surface area contributed by atoms with E-state index in [1.807, 2.05) is 60.7 Å². The number of hydrogen-bond acceptors (Lipinski definition) is 5. The smallest absolute Gasteiger partial charge is 0.280 e. The fourth-order valence-corrected chi connectivity index (χ4v) is 4.19. The molecule has 3 aromatic rings. The highest BCUT2D eigenvalue weighted by Crippen LogP contribution is 2.30. The molecule has 29 heavy (non-hydrogen) atoms. The number of hydrogen-bond donors (Lipinski definition) is 1. The minimum atomic E-state index is -0.798. The second kappa shape index (κ2) is 8.96. The second-order valence-electron chi connectivity index (χ2n) is 7.10. The first-order valence-electron chi connectivity index (χ1n) is 9.75. The standard InChI is InChI=1S/C22H22N4O2S/c27-21(23-17-11-7-8-12-17)20(16-9-3-1-4-10-16)26(18-13-5-2-6-14-18)22(28)19-15-29-25-24-19/h1-6,9-10,13-15,17,20H,7-8,11-12H2,(H,23,27)/t20-/m1/s1. The number of benzene rings is 2. The molecule has 6 nitrogen and oxygen atoms in total. The van der Waals surface area contributed by atoms with Gasteiger partial charge in [-0.1, -0.05) is 65.9 Å². The van der Waals surface area contributed by atoms with Crippen LogP contribution >= 0.6 is 11.5 Å². The number of carbonyl (C=O) groups excluding carboxylic acids is 2.